The molecule has 2 aromatic carbocycles. The molecule has 2 aromatic rings. The Hall–Kier alpha value is -2.37. The van der Waals surface area contributed by atoms with Gasteiger partial charge in [-0.1, -0.05) is 42.5 Å². The lowest BCUT2D eigenvalue weighted by atomic mass is 9.74. The summed E-state index contributed by atoms with van der Waals surface area (Å²) in [4.78, 5) is 14.0. The van der Waals surface area contributed by atoms with E-state index in [1.807, 2.05) is 12.1 Å². The fourth-order valence-electron chi connectivity index (χ4n) is 4.17. The second-order valence-electron chi connectivity index (χ2n) is 8.30. The molecule has 0 spiro atoms. The second-order valence-corrected chi connectivity index (χ2v) is 8.30. The van der Waals surface area contributed by atoms with Gasteiger partial charge in [0, 0.05) is 25.9 Å². The summed E-state index contributed by atoms with van der Waals surface area (Å²) in [7, 11) is 1.62. The minimum absolute atomic E-state index is 0.195. The summed E-state index contributed by atoms with van der Waals surface area (Å²) in [6.07, 6.45) is 4.66. The first-order valence-corrected chi connectivity index (χ1v) is 11.0. The van der Waals surface area contributed by atoms with Crippen LogP contribution in [0.2, 0.25) is 0 Å². The molecule has 1 saturated heterocycles. The van der Waals surface area contributed by atoms with Crippen molar-refractivity contribution < 1.29 is 9.53 Å². The standard InChI is InChI=1S/C25H35N3O2/c1-3-30-20-25(14-13-21-7-5-4-6-8-21)15-17-28(18-16-25)19-22-9-11-23(12-10-22)27-24(29)26-2/h4-12H,3,13-20H2,1-2H3,(H2,26,27,29). The number of rotatable bonds is 9. The number of anilines is 1. The number of hydrogen-bond donors (Lipinski definition) is 2. The van der Waals surface area contributed by atoms with E-state index in [-0.39, 0.29) is 11.4 Å². The molecule has 5 heteroatoms. The van der Waals surface area contributed by atoms with Gasteiger partial charge in [0.15, 0.2) is 0 Å². The molecule has 3 rings (SSSR count). The minimum Gasteiger partial charge on any atom is -0.381 e. The van der Waals surface area contributed by atoms with Crippen LogP contribution in [0.1, 0.15) is 37.3 Å². The Labute approximate surface area is 180 Å². The molecule has 0 bridgehead atoms. The zero-order valence-electron chi connectivity index (χ0n) is 18.3. The molecule has 0 aromatic heterocycles. The topological polar surface area (TPSA) is 53.6 Å². The van der Waals surface area contributed by atoms with E-state index < -0.39 is 0 Å². The Balaban J connectivity index is 1.53. The van der Waals surface area contributed by atoms with Gasteiger partial charge in [-0.25, -0.2) is 4.79 Å². The molecule has 30 heavy (non-hydrogen) atoms. The third kappa shape index (κ3) is 6.57. The molecule has 0 atom stereocenters. The van der Waals surface area contributed by atoms with Crippen molar-refractivity contribution in [2.75, 3.05) is 38.7 Å². The first-order valence-electron chi connectivity index (χ1n) is 11.0. The molecule has 0 unspecified atom stereocenters. The van der Waals surface area contributed by atoms with Gasteiger partial charge in [-0.15, -0.1) is 0 Å². The van der Waals surface area contributed by atoms with Gasteiger partial charge >= 0.3 is 6.03 Å². The predicted molar refractivity (Wildman–Crippen MR) is 123 cm³/mol. The highest BCUT2D eigenvalue weighted by molar-refractivity contribution is 5.88. The number of carbonyl (C=O) groups excluding carboxylic acids is 1. The first-order chi connectivity index (χ1) is 14.6. The highest BCUT2D eigenvalue weighted by Crippen LogP contribution is 2.37. The van der Waals surface area contributed by atoms with E-state index in [1.165, 1.54) is 30.4 Å². The Bertz CT molecular complexity index is 769. The van der Waals surface area contributed by atoms with Crippen LogP contribution in [0.4, 0.5) is 10.5 Å². The largest absolute Gasteiger partial charge is 0.381 e. The number of nitrogens with zero attached hydrogens (tertiary/aromatic N) is 1. The fraction of sp³-hybridized carbons (Fsp3) is 0.480. The third-order valence-corrected chi connectivity index (χ3v) is 6.16. The summed E-state index contributed by atoms with van der Waals surface area (Å²) in [5.74, 6) is 0. The summed E-state index contributed by atoms with van der Waals surface area (Å²) in [6, 6.07) is 18.7. The van der Waals surface area contributed by atoms with Crippen LogP contribution >= 0.6 is 0 Å². The molecule has 1 heterocycles. The molecule has 5 nitrogen and oxygen atoms in total. The van der Waals surface area contributed by atoms with Crippen LogP contribution in [0.3, 0.4) is 0 Å². The van der Waals surface area contributed by atoms with Crippen molar-refractivity contribution >= 4 is 11.7 Å². The summed E-state index contributed by atoms with van der Waals surface area (Å²) in [5.41, 5.74) is 3.79. The van der Waals surface area contributed by atoms with Crippen LogP contribution in [0.5, 0.6) is 0 Å². The molecule has 0 saturated carbocycles. The number of carbonyl (C=O) groups is 1. The summed E-state index contributed by atoms with van der Waals surface area (Å²) >= 11 is 0. The average molecular weight is 410 g/mol. The molecule has 0 aliphatic carbocycles. The number of benzene rings is 2. The van der Waals surface area contributed by atoms with E-state index in [4.69, 9.17) is 4.74 Å². The minimum atomic E-state index is -0.195. The van der Waals surface area contributed by atoms with Crippen LogP contribution in [0.25, 0.3) is 0 Å². The molecular weight excluding hydrogens is 374 g/mol. The molecule has 2 amide bonds. The molecule has 162 valence electrons. The van der Waals surface area contributed by atoms with Gasteiger partial charge < -0.3 is 15.4 Å². The van der Waals surface area contributed by atoms with Crippen molar-refractivity contribution in [3.8, 4) is 0 Å². The van der Waals surface area contributed by atoms with E-state index in [9.17, 15) is 4.79 Å². The SMILES string of the molecule is CCOCC1(CCc2ccccc2)CCN(Cc2ccc(NC(=O)NC)cc2)CC1. The smallest absolute Gasteiger partial charge is 0.318 e. The maximum absolute atomic E-state index is 11.4. The van der Waals surface area contributed by atoms with Gasteiger partial charge in [0.05, 0.1) is 6.61 Å². The maximum Gasteiger partial charge on any atom is 0.318 e. The van der Waals surface area contributed by atoms with Crippen molar-refractivity contribution in [1.82, 2.24) is 10.2 Å². The van der Waals surface area contributed by atoms with Crippen molar-refractivity contribution in [1.29, 1.82) is 0 Å². The van der Waals surface area contributed by atoms with Gasteiger partial charge in [0.1, 0.15) is 0 Å². The quantitative estimate of drug-likeness (QED) is 0.632. The van der Waals surface area contributed by atoms with E-state index >= 15 is 0 Å². The van der Waals surface area contributed by atoms with Crippen molar-refractivity contribution in [2.45, 2.75) is 39.2 Å². The van der Waals surface area contributed by atoms with Gasteiger partial charge in [0.2, 0.25) is 0 Å². The zero-order valence-corrected chi connectivity index (χ0v) is 18.3. The zero-order chi connectivity index (χ0) is 21.2. The highest BCUT2D eigenvalue weighted by atomic mass is 16.5. The molecular formula is C25H35N3O2. The predicted octanol–water partition coefficient (Wildman–Crippen LogP) is 4.69. The van der Waals surface area contributed by atoms with E-state index in [0.29, 0.717) is 0 Å². The maximum atomic E-state index is 11.4. The van der Waals surface area contributed by atoms with Crippen LogP contribution < -0.4 is 10.6 Å². The van der Waals surface area contributed by atoms with Crippen LogP contribution in [-0.2, 0) is 17.7 Å². The number of ether oxygens (including phenoxy) is 1. The van der Waals surface area contributed by atoms with Crippen LogP contribution in [0, 0.1) is 5.41 Å². The lowest BCUT2D eigenvalue weighted by molar-refractivity contribution is -0.00232. The number of likely N-dealkylation sites (tertiary alicyclic amines) is 1. The van der Waals surface area contributed by atoms with E-state index in [2.05, 4.69) is 64.9 Å². The highest BCUT2D eigenvalue weighted by Gasteiger charge is 2.34. The van der Waals surface area contributed by atoms with Gasteiger partial charge in [0.25, 0.3) is 0 Å². The van der Waals surface area contributed by atoms with Crippen molar-refractivity contribution in [3.63, 3.8) is 0 Å². The Morgan fingerprint density at radius 1 is 1.03 bits per heavy atom. The molecule has 1 aliphatic rings. The number of amides is 2. The molecule has 2 N–H and O–H groups in total. The fourth-order valence-corrected chi connectivity index (χ4v) is 4.17. The lowest BCUT2D eigenvalue weighted by Gasteiger charge is -2.42. The van der Waals surface area contributed by atoms with Crippen LogP contribution in [0.15, 0.2) is 54.6 Å². The Morgan fingerprint density at radius 2 is 1.73 bits per heavy atom. The van der Waals surface area contributed by atoms with Crippen LogP contribution in [-0.4, -0.2) is 44.3 Å². The third-order valence-electron chi connectivity index (χ3n) is 6.16. The second kappa shape index (κ2) is 11.1. The number of urea groups is 1. The van der Waals surface area contributed by atoms with Gasteiger partial charge in [-0.05, 0) is 74.4 Å². The lowest BCUT2D eigenvalue weighted by Crippen LogP contribution is -2.42. The van der Waals surface area contributed by atoms with Gasteiger partial charge in [-0.3, -0.25) is 4.90 Å². The normalized spacial score (nSPS) is 16.2. The Kier molecular flexibility index (Phi) is 8.29. The number of nitrogens with one attached hydrogen (secondary N) is 2. The number of aryl methyl sites for hydroxylation is 1. The molecule has 0 radical (unpaired) electrons. The summed E-state index contributed by atoms with van der Waals surface area (Å²) in [6.45, 7) is 6.88. The van der Waals surface area contributed by atoms with Crippen molar-refractivity contribution in [2.24, 2.45) is 5.41 Å². The van der Waals surface area contributed by atoms with E-state index in [0.717, 1.165) is 45.0 Å². The monoisotopic (exact) mass is 409 g/mol. The number of piperidine rings is 1. The van der Waals surface area contributed by atoms with E-state index in [1.54, 1.807) is 7.05 Å². The summed E-state index contributed by atoms with van der Waals surface area (Å²) < 4.78 is 5.91. The average Bonchev–Trinajstić information content (AvgIpc) is 2.80. The number of hydrogen-bond acceptors (Lipinski definition) is 3. The molecule has 1 aliphatic heterocycles. The molecule has 1 fully saturated rings. The van der Waals surface area contributed by atoms with Gasteiger partial charge in [-0.2, -0.15) is 0 Å². The Morgan fingerprint density at radius 3 is 2.37 bits per heavy atom. The first kappa shape index (κ1) is 22.3. The summed E-state index contributed by atoms with van der Waals surface area (Å²) in [5, 5.41) is 5.37. The van der Waals surface area contributed by atoms with Crippen molar-refractivity contribution in [3.05, 3.63) is 65.7 Å².